The maximum atomic E-state index is 12.6. The van der Waals surface area contributed by atoms with Crippen molar-refractivity contribution in [1.82, 2.24) is 0 Å². The molecular formula is C51H88NO7P. The predicted octanol–water partition coefficient (Wildman–Crippen LogP) is 14.6. The monoisotopic (exact) mass is 858 g/mol. The Kier molecular flexibility index (Phi) is 45.4. The van der Waals surface area contributed by atoms with Crippen molar-refractivity contribution in [1.29, 1.82) is 0 Å². The van der Waals surface area contributed by atoms with Gasteiger partial charge in [0.2, 0.25) is 0 Å². The van der Waals surface area contributed by atoms with Gasteiger partial charge in [-0.15, -0.1) is 0 Å². The first-order valence-corrected chi connectivity index (χ1v) is 25.2. The maximum Gasteiger partial charge on any atom is 0.472 e. The summed E-state index contributed by atoms with van der Waals surface area (Å²) >= 11 is 0. The molecule has 0 saturated heterocycles. The molecule has 2 atom stereocenters. The number of allylic oxidation sites excluding steroid dienone is 16. The van der Waals surface area contributed by atoms with Crippen molar-refractivity contribution in [3.05, 3.63) is 97.2 Å². The van der Waals surface area contributed by atoms with E-state index in [1.165, 1.54) is 64.2 Å². The maximum absolute atomic E-state index is 12.6. The molecule has 9 heteroatoms. The highest BCUT2D eigenvalue weighted by atomic mass is 31.2. The summed E-state index contributed by atoms with van der Waals surface area (Å²) in [6.45, 7) is 4.60. The highest BCUT2D eigenvalue weighted by Crippen LogP contribution is 2.43. The Bertz CT molecular complexity index is 1240. The molecule has 0 bridgehead atoms. The summed E-state index contributed by atoms with van der Waals surface area (Å²) in [5, 5.41) is 0. The van der Waals surface area contributed by atoms with Crippen molar-refractivity contribution in [3.8, 4) is 0 Å². The molecule has 8 nitrogen and oxygen atoms in total. The van der Waals surface area contributed by atoms with Crippen LogP contribution in [-0.2, 0) is 27.9 Å². The number of carbonyl (C=O) groups is 1. The van der Waals surface area contributed by atoms with Gasteiger partial charge in [0.1, 0.15) is 6.10 Å². The normalized spacial score (nSPS) is 14.3. The first-order chi connectivity index (χ1) is 29.4. The summed E-state index contributed by atoms with van der Waals surface area (Å²) < 4.78 is 33.5. The number of ether oxygens (including phenoxy) is 2. The molecule has 0 spiro atoms. The fourth-order valence-electron chi connectivity index (χ4n) is 6.10. The second-order valence-corrected chi connectivity index (χ2v) is 16.7. The summed E-state index contributed by atoms with van der Waals surface area (Å²) in [5.41, 5.74) is 5.38. The van der Waals surface area contributed by atoms with Crippen LogP contribution >= 0.6 is 7.82 Å². The van der Waals surface area contributed by atoms with Gasteiger partial charge in [-0.05, 0) is 89.9 Å². The van der Waals surface area contributed by atoms with Gasteiger partial charge in [0, 0.05) is 19.6 Å². The van der Waals surface area contributed by atoms with Crippen LogP contribution < -0.4 is 5.73 Å². The summed E-state index contributed by atoms with van der Waals surface area (Å²) in [7, 11) is -4.30. The number of carbonyl (C=O) groups excluding carboxylic acids is 1. The molecule has 0 saturated carbocycles. The molecule has 0 radical (unpaired) electrons. The fourth-order valence-corrected chi connectivity index (χ4v) is 6.86. The molecule has 344 valence electrons. The quantitative estimate of drug-likeness (QED) is 0.0269. The molecule has 0 aliphatic rings. The molecule has 2 unspecified atom stereocenters. The first-order valence-electron chi connectivity index (χ1n) is 23.7. The molecule has 0 fully saturated rings. The Hall–Kier alpha value is -2.58. The van der Waals surface area contributed by atoms with E-state index in [0.717, 1.165) is 96.3 Å². The molecule has 0 aromatic heterocycles. The number of hydrogen-bond donors (Lipinski definition) is 2. The van der Waals surface area contributed by atoms with Crippen LogP contribution in [0.25, 0.3) is 0 Å². The molecule has 0 rings (SSSR count). The lowest BCUT2D eigenvalue weighted by Gasteiger charge is -2.20. The van der Waals surface area contributed by atoms with Gasteiger partial charge in [0.05, 0.1) is 19.8 Å². The van der Waals surface area contributed by atoms with Gasteiger partial charge >= 0.3 is 13.8 Å². The molecular weight excluding hydrogens is 770 g/mol. The fraction of sp³-hybridized carbons (Fsp3) is 0.667. The second-order valence-electron chi connectivity index (χ2n) is 15.2. The number of nitrogens with two attached hydrogens (primary N) is 1. The van der Waals surface area contributed by atoms with E-state index in [4.69, 9.17) is 24.3 Å². The number of esters is 1. The predicted molar refractivity (Wildman–Crippen MR) is 256 cm³/mol. The minimum absolute atomic E-state index is 0.0888. The highest BCUT2D eigenvalue weighted by Gasteiger charge is 2.25. The largest absolute Gasteiger partial charge is 0.472 e. The lowest BCUT2D eigenvalue weighted by molar-refractivity contribution is -0.154. The third kappa shape index (κ3) is 46.5. The van der Waals surface area contributed by atoms with E-state index in [-0.39, 0.29) is 32.3 Å². The first kappa shape index (κ1) is 57.4. The third-order valence-corrected chi connectivity index (χ3v) is 10.5. The van der Waals surface area contributed by atoms with Gasteiger partial charge in [-0.25, -0.2) is 4.57 Å². The zero-order chi connectivity index (χ0) is 43.7. The summed E-state index contributed by atoms with van der Waals surface area (Å²) in [4.78, 5) is 22.6. The molecule has 0 aromatic carbocycles. The molecule has 3 N–H and O–H groups in total. The molecule has 60 heavy (non-hydrogen) atoms. The van der Waals surface area contributed by atoms with Crippen molar-refractivity contribution in [2.75, 3.05) is 33.0 Å². The Labute approximate surface area is 368 Å². The van der Waals surface area contributed by atoms with Crippen LogP contribution in [0.3, 0.4) is 0 Å². The molecule has 0 amide bonds. The van der Waals surface area contributed by atoms with Gasteiger partial charge in [-0.2, -0.15) is 0 Å². The van der Waals surface area contributed by atoms with Crippen LogP contribution in [0.5, 0.6) is 0 Å². The van der Waals surface area contributed by atoms with Gasteiger partial charge in [-0.3, -0.25) is 13.8 Å². The van der Waals surface area contributed by atoms with Crippen LogP contribution in [0, 0.1) is 0 Å². The topological polar surface area (TPSA) is 117 Å². The molecule has 0 aliphatic heterocycles. The zero-order valence-electron chi connectivity index (χ0n) is 38.2. The summed E-state index contributed by atoms with van der Waals surface area (Å²) in [5.74, 6) is -0.348. The molecule has 0 aliphatic carbocycles. The molecule has 0 aromatic rings. The van der Waals surface area contributed by atoms with E-state index >= 15 is 0 Å². The smallest absolute Gasteiger partial charge is 0.457 e. The third-order valence-electron chi connectivity index (χ3n) is 9.50. The van der Waals surface area contributed by atoms with E-state index in [1.54, 1.807) is 0 Å². The van der Waals surface area contributed by atoms with Crippen LogP contribution in [-0.4, -0.2) is 49.9 Å². The van der Waals surface area contributed by atoms with Crippen LogP contribution in [0.1, 0.15) is 181 Å². The Morgan fingerprint density at radius 1 is 0.500 bits per heavy atom. The Balaban J connectivity index is 4.01. The summed E-state index contributed by atoms with van der Waals surface area (Å²) in [6.07, 6.45) is 63.0. The van der Waals surface area contributed by atoms with Crippen LogP contribution in [0.15, 0.2) is 97.2 Å². The van der Waals surface area contributed by atoms with Crippen LogP contribution in [0.2, 0.25) is 0 Å². The van der Waals surface area contributed by atoms with E-state index < -0.39 is 13.9 Å². The standard InChI is InChI=1S/C51H88NO7P/c1-3-5-7-9-11-13-15-17-19-21-22-23-24-25-26-27-28-29-30-32-34-36-38-40-42-44-51(53)59-50(49-58-60(54,55)57-47-45-52)48-56-46-43-41-39-37-35-33-31-20-18-16-14-12-10-8-6-4-2/h5-8,11-14,17-20,22-23,33,35,50H,3-4,9-10,15-16,21,24-32,34,36-49,52H2,1-2H3,(H,54,55)/b7-5-,8-6-,13-11-,14-12-,19-17-,20-18-,23-22-,35-33-. The van der Waals surface area contributed by atoms with E-state index in [0.29, 0.717) is 13.0 Å². The van der Waals surface area contributed by atoms with Crippen molar-refractivity contribution in [2.24, 2.45) is 5.73 Å². The van der Waals surface area contributed by atoms with E-state index in [1.807, 2.05) is 0 Å². The lowest BCUT2D eigenvalue weighted by atomic mass is 10.0. The van der Waals surface area contributed by atoms with Crippen LogP contribution in [0.4, 0.5) is 0 Å². The Morgan fingerprint density at radius 3 is 1.32 bits per heavy atom. The zero-order valence-corrected chi connectivity index (χ0v) is 39.1. The van der Waals surface area contributed by atoms with Crippen molar-refractivity contribution in [2.45, 2.75) is 187 Å². The number of phosphoric acid groups is 1. The van der Waals surface area contributed by atoms with Crippen molar-refractivity contribution >= 4 is 13.8 Å². The van der Waals surface area contributed by atoms with Crippen molar-refractivity contribution in [3.63, 3.8) is 0 Å². The lowest BCUT2D eigenvalue weighted by Crippen LogP contribution is -2.28. The number of rotatable bonds is 44. The Morgan fingerprint density at radius 2 is 0.883 bits per heavy atom. The number of hydrogen-bond acceptors (Lipinski definition) is 7. The molecule has 0 heterocycles. The summed E-state index contributed by atoms with van der Waals surface area (Å²) in [6, 6.07) is 0. The minimum atomic E-state index is -4.30. The van der Waals surface area contributed by atoms with E-state index in [2.05, 4.69) is 111 Å². The average Bonchev–Trinajstić information content (AvgIpc) is 3.24. The second kappa shape index (κ2) is 47.5. The van der Waals surface area contributed by atoms with Gasteiger partial charge in [0.15, 0.2) is 0 Å². The number of unbranched alkanes of at least 4 members (excludes halogenated alkanes) is 15. The van der Waals surface area contributed by atoms with Gasteiger partial charge in [-0.1, -0.05) is 182 Å². The number of phosphoric ester groups is 1. The van der Waals surface area contributed by atoms with Gasteiger partial charge in [0.25, 0.3) is 0 Å². The highest BCUT2D eigenvalue weighted by molar-refractivity contribution is 7.47. The van der Waals surface area contributed by atoms with E-state index in [9.17, 15) is 14.3 Å². The SMILES string of the molecule is CC/C=C\C/C=C\C/C=C\C/C=C\CCCCCCCCCCCCCCC(=O)OC(COCCCCC/C=C\C/C=C\C/C=C\C/C=C\CC)COP(=O)(O)OCCN. The average molecular weight is 858 g/mol. The van der Waals surface area contributed by atoms with Crippen molar-refractivity contribution < 1.29 is 32.8 Å². The van der Waals surface area contributed by atoms with Gasteiger partial charge < -0.3 is 20.1 Å². The minimum Gasteiger partial charge on any atom is -0.457 e.